The first-order valence-corrected chi connectivity index (χ1v) is 7.37. The van der Waals surface area contributed by atoms with E-state index in [1.165, 1.54) is 0 Å². The zero-order valence-corrected chi connectivity index (χ0v) is 12.2. The van der Waals surface area contributed by atoms with Crippen LogP contribution in [-0.4, -0.2) is 25.3 Å². The molecule has 0 bridgehead atoms. The molecule has 114 valence electrons. The van der Waals surface area contributed by atoms with Gasteiger partial charge in [0.1, 0.15) is 19.0 Å². The van der Waals surface area contributed by atoms with E-state index in [0.29, 0.717) is 12.2 Å². The normalized spacial score (nSPS) is 16.6. The number of esters is 1. The van der Waals surface area contributed by atoms with Crippen molar-refractivity contribution in [3.63, 3.8) is 0 Å². The maximum Gasteiger partial charge on any atom is 0.338 e. The predicted molar refractivity (Wildman–Crippen MR) is 81.9 cm³/mol. The molecule has 2 aromatic carbocycles. The quantitative estimate of drug-likeness (QED) is 0.768. The maximum absolute atomic E-state index is 12.0. The third-order valence-electron chi connectivity index (χ3n) is 3.53. The topological polar surface area (TPSA) is 44.8 Å². The van der Waals surface area contributed by atoms with Crippen LogP contribution in [0.2, 0.25) is 0 Å². The van der Waals surface area contributed by atoms with E-state index in [1.807, 2.05) is 30.3 Å². The molecule has 0 spiro atoms. The molecule has 0 radical (unpaired) electrons. The number of benzene rings is 2. The van der Waals surface area contributed by atoms with Crippen LogP contribution in [0.3, 0.4) is 0 Å². The second kappa shape index (κ2) is 7.09. The second-order valence-corrected chi connectivity index (χ2v) is 5.18. The van der Waals surface area contributed by atoms with E-state index in [1.54, 1.807) is 24.3 Å². The average molecular weight is 298 g/mol. The summed E-state index contributed by atoms with van der Waals surface area (Å²) >= 11 is 0. The fourth-order valence-corrected chi connectivity index (χ4v) is 2.10. The molecular formula is C18H18O4. The molecule has 1 saturated heterocycles. The molecule has 0 saturated carbocycles. The molecule has 1 unspecified atom stereocenters. The highest BCUT2D eigenvalue weighted by atomic mass is 16.5. The Bertz CT molecular complexity index is 603. The summed E-state index contributed by atoms with van der Waals surface area (Å²) in [6.07, 6.45) is 1.25. The van der Waals surface area contributed by atoms with Crippen LogP contribution in [0.25, 0.3) is 0 Å². The van der Waals surface area contributed by atoms with Crippen LogP contribution in [0, 0.1) is 0 Å². The highest BCUT2D eigenvalue weighted by Gasteiger charge is 2.18. The molecule has 0 aromatic heterocycles. The summed E-state index contributed by atoms with van der Waals surface area (Å²) in [5.41, 5.74) is 1.49. The van der Waals surface area contributed by atoms with Gasteiger partial charge in [0.05, 0.1) is 11.7 Å². The fraction of sp³-hybridized carbons (Fsp3) is 0.278. The Morgan fingerprint density at radius 2 is 1.82 bits per heavy atom. The van der Waals surface area contributed by atoms with E-state index in [2.05, 4.69) is 0 Å². The lowest BCUT2D eigenvalue weighted by Gasteiger charge is -2.26. The van der Waals surface area contributed by atoms with Crippen molar-refractivity contribution in [1.82, 2.24) is 0 Å². The summed E-state index contributed by atoms with van der Waals surface area (Å²) < 4.78 is 16.2. The molecule has 1 aliphatic rings. The zero-order valence-electron chi connectivity index (χ0n) is 12.2. The van der Waals surface area contributed by atoms with Gasteiger partial charge >= 0.3 is 5.97 Å². The average Bonchev–Trinajstić information content (AvgIpc) is 2.53. The van der Waals surface area contributed by atoms with Crippen LogP contribution in [0.5, 0.6) is 5.75 Å². The number of ether oxygens (including phenoxy) is 3. The van der Waals surface area contributed by atoms with Crippen molar-refractivity contribution in [2.45, 2.75) is 19.1 Å². The van der Waals surface area contributed by atoms with Crippen LogP contribution >= 0.6 is 0 Å². The lowest BCUT2D eigenvalue weighted by Crippen LogP contribution is -2.32. The van der Waals surface area contributed by atoms with Crippen molar-refractivity contribution in [3.8, 4) is 5.75 Å². The molecule has 1 aliphatic heterocycles. The van der Waals surface area contributed by atoms with Crippen LogP contribution in [0.15, 0.2) is 54.6 Å². The van der Waals surface area contributed by atoms with Crippen LogP contribution in [0.4, 0.5) is 0 Å². The van der Waals surface area contributed by atoms with E-state index < -0.39 is 0 Å². The van der Waals surface area contributed by atoms with Crippen molar-refractivity contribution < 1.29 is 19.0 Å². The molecule has 0 N–H and O–H groups in total. The number of hydrogen-bond acceptors (Lipinski definition) is 4. The van der Waals surface area contributed by atoms with E-state index in [9.17, 15) is 4.79 Å². The van der Waals surface area contributed by atoms with Gasteiger partial charge in [-0.25, -0.2) is 4.79 Å². The number of hydrogen-bond donors (Lipinski definition) is 0. The Hall–Kier alpha value is -2.33. The van der Waals surface area contributed by atoms with Gasteiger partial charge in [-0.2, -0.15) is 0 Å². The highest BCUT2D eigenvalue weighted by molar-refractivity contribution is 5.89. The molecule has 3 rings (SSSR count). The van der Waals surface area contributed by atoms with Crippen LogP contribution in [-0.2, 0) is 16.1 Å². The molecule has 2 aromatic rings. The minimum atomic E-state index is -0.335. The van der Waals surface area contributed by atoms with E-state index in [0.717, 1.165) is 24.3 Å². The van der Waals surface area contributed by atoms with Gasteiger partial charge in [0.25, 0.3) is 0 Å². The van der Waals surface area contributed by atoms with Crippen molar-refractivity contribution in [2.24, 2.45) is 0 Å². The van der Waals surface area contributed by atoms with Crippen LogP contribution < -0.4 is 4.74 Å². The van der Waals surface area contributed by atoms with Crippen LogP contribution in [0.1, 0.15) is 22.3 Å². The minimum absolute atomic E-state index is 0.204. The van der Waals surface area contributed by atoms with Crippen molar-refractivity contribution in [2.75, 3.05) is 13.2 Å². The third-order valence-corrected chi connectivity index (χ3v) is 3.53. The van der Waals surface area contributed by atoms with Gasteiger partial charge in [-0.05, 0) is 29.8 Å². The van der Waals surface area contributed by atoms with Gasteiger partial charge in [0.15, 0.2) is 0 Å². The standard InChI is InChI=1S/C18H18O4/c19-18(22-12-14-4-2-1-3-5-14)15-6-8-16(9-7-15)21-13-17-10-11-20-17/h1-9,17H,10-13H2. The van der Waals surface area contributed by atoms with Crippen molar-refractivity contribution >= 4 is 5.97 Å². The molecule has 0 amide bonds. The predicted octanol–water partition coefficient (Wildman–Crippen LogP) is 3.21. The van der Waals surface area contributed by atoms with Crippen molar-refractivity contribution in [3.05, 3.63) is 65.7 Å². The smallest absolute Gasteiger partial charge is 0.338 e. The lowest BCUT2D eigenvalue weighted by atomic mass is 10.2. The minimum Gasteiger partial charge on any atom is -0.491 e. The molecule has 1 heterocycles. The first-order valence-electron chi connectivity index (χ1n) is 7.37. The van der Waals surface area contributed by atoms with Gasteiger partial charge < -0.3 is 14.2 Å². The summed E-state index contributed by atoms with van der Waals surface area (Å²) in [7, 11) is 0. The Kier molecular flexibility index (Phi) is 4.71. The lowest BCUT2D eigenvalue weighted by molar-refractivity contribution is -0.0720. The first kappa shape index (κ1) is 14.6. The number of carbonyl (C=O) groups excluding carboxylic acids is 1. The maximum atomic E-state index is 12.0. The number of rotatable bonds is 6. The zero-order chi connectivity index (χ0) is 15.2. The summed E-state index contributed by atoms with van der Waals surface area (Å²) in [5.74, 6) is 0.396. The molecule has 4 nitrogen and oxygen atoms in total. The van der Waals surface area contributed by atoms with E-state index >= 15 is 0 Å². The van der Waals surface area contributed by atoms with Crippen molar-refractivity contribution in [1.29, 1.82) is 0 Å². The summed E-state index contributed by atoms with van der Waals surface area (Å²) in [5, 5.41) is 0. The van der Waals surface area contributed by atoms with Gasteiger partial charge in [0, 0.05) is 13.0 Å². The molecule has 1 atom stereocenters. The molecular weight excluding hydrogens is 280 g/mol. The molecule has 4 heteroatoms. The van der Waals surface area contributed by atoms with Gasteiger partial charge in [-0.15, -0.1) is 0 Å². The van der Waals surface area contributed by atoms with Gasteiger partial charge in [0.2, 0.25) is 0 Å². The third kappa shape index (κ3) is 3.86. The summed E-state index contributed by atoms with van der Waals surface area (Å²) in [6, 6.07) is 16.6. The largest absolute Gasteiger partial charge is 0.491 e. The second-order valence-electron chi connectivity index (χ2n) is 5.18. The Morgan fingerprint density at radius 3 is 2.45 bits per heavy atom. The Balaban J connectivity index is 1.49. The molecule has 1 fully saturated rings. The monoisotopic (exact) mass is 298 g/mol. The highest BCUT2D eigenvalue weighted by Crippen LogP contribution is 2.17. The Morgan fingerprint density at radius 1 is 1.09 bits per heavy atom. The van der Waals surface area contributed by atoms with E-state index in [4.69, 9.17) is 14.2 Å². The molecule has 0 aliphatic carbocycles. The summed E-state index contributed by atoms with van der Waals surface area (Å²) in [4.78, 5) is 12.0. The SMILES string of the molecule is O=C(OCc1ccccc1)c1ccc(OCC2CCO2)cc1. The number of carbonyl (C=O) groups is 1. The molecule has 22 heavy (non-hydrogen) atoms. The summed E-state index contributed by atoms with van der Waals surface area (Å²) in [6.45, 7) is 1.65. The van der Waals surface area contributed by atoms with Gasteiger partial charge in [-0.1, -0.05) is 30.3 Å². The Labute approximate surface area is 129 Å². The first-order chi connectivity index (χ1) is 10.8. The fourth-order valence-electron chi connectivity index (χ4n) is 2.10. The van der Waals surface area contributed by atoms with Gasteiger partial charge in [-0.3, -0.25) is 0 Å². The van der Waals surface area contributed by atoms with E-state index in [-0.39, 0.29) is 18.7 Å².